The number of hydrogen-bond donors (Lipinski definition) is 8. The number of ether oxygens (including phenoxy) is 5. The molecule has 14 rings (SSSR count). The molecule has 34 heteroatoms. The van der Waals surface area contributed by atoms with Gasteiger partial charge in [0.1, 0.15) is 36.1 Å². The fourth-order valence-corrected chi connectivity index (χ4v) is 14.3. The zero-order valence-corrected chi connectivity index (χ0v) is 55.3. The topological polar surface area (TPSA) is 392 Å². The number of carbonyl (C=O) groups excluding carboxylic acids is 10. The van der Waals surface area contributed by atoms with Crippen molar-refractivity contribution >= 4 is 93.8 Å². The number of nitrogens with one attached hydrogen (secondary N) is 4. The summed E-state index contributed by atoms with van der Waals surface area (Å²) in [4.78, 5) is 128. The normalized spacial score (nSPS) is 23.6. The number of Topliss-reactive ketones (excluding diaryl/α,β-unsaturated/α-hetero) is 1. The van der Waals surface area contributed by atoms with Gasteiger partial charge in [-0.1, -0.05) is 6.07 Å². The third-order valence-electron chi connectivity index (χ3n) is 19.2. The lowest BCUT2D eigenvalue weighted by Crippen LogP contribution is -2.50. The van der Waals surface area contributed by atoms with Crippen LogP contribution < -0.4 is 73.6 Å². The molecule has 6 saturated heterocycles. The van der Waals surface area contributed by atoms with Gasteiger partial charge in [-0.2, -0.15) is 0 Å². The number of fused-ring (bicyclic) bond motifs is 12. The van der Waals surface area contributed by atoms with E-state index in [1.807, 2.05) is 9.80 Å². The van der Waals surface area contributed by atoms with Crippen LogP contribution in [0.1, 0.15) is 65.9 Å². The number of morpholine rings is 1. The largest absolute Gasteiger partial charge is 0.442 e. The second kappa shape index (κ2) is 29.9. The van der Waals surface area contributed by atoms with E-state index in [4.69, 9.17) is 46.6 Å². The quantitative estimate of drug-likeness (QED) is 0.0471. The minimum absolute atomic E-state index is 0.0276. The number of rotatable bonds is 15. The fraction of sp³-hybridized carbons (Fsp3) is 0.485. The predicted molar refractivity (Wildman–Crippen MR) is 351 cm³/mol. The molecule has 10 heterocycles. The third kappa shape index (κ3) is 14.1. The van der Waals surface area contributed by atoms with Gasteiger partial charge in [0.05, 0.1) is 116 Å². The predicted octanol–water partition coefficient (Wildman–Crippen LogP) is 1.22. The van der Waals surface area contributed by atoms with Gasteiger partial charge in [0.25, 0.3) is 0 Å². The van der Waals surface area contributed by atoms with Crippen LogP contribution in [-0.4, -0.2) is 211 Å². The molecule has 10 aliphatic heterocycles. The Kier molecular flexibility index (Phi) is 21.3. The Hall–Kier alpha value is -9.90. The molecule has 0 saturated carbocycles. The molecule has 0 aromatic heterocycles. The molecule has 0 unspecified atom stereocenters. The summed E-state index contributed by atoms with van der Waals surface area (Å²) in [6.45, 7) is 10.2. The van der Waals surface area contributed by atoms with E-state index in [0.29, 0.717) is 134 Å². The molecule has 9 amide bonds. The van der Waals surface area contributed by atoms with E-state index < -0.39 is 66.4 Å². The minimum atomic E-state index is -0.640. The molecule has 4 aromatic carbocycles. The molecule has 0 bridgehead atoms. The highest BCUT2D eigenvalue weighted by molar-refractivity contribution is 6.01. The zero-order valence-electron chi connectivity index (χ0n) is 55.3. The minimum Gasteiger partial charge on any atom is -0.442 e. The van der Waals surface area contributed by atoms with Gasteiger partial charge in [0.15, 0.2) is 17.4 Å². The Morgan fingerprint density at radius 1 is 0.450 bits per heavy atom. The van der Waals surface area contributed by atoms with Crippen molar-refractivity contribution in [3.63, 3.8) is 0 Å². The molecule has 0 aliphatic carbocycles. The van der Waals surface area contributed by atoms with E-state index in [9.17, 15) is 56.7 Å². The van der Waals surface area contributed by atoms with Crippen molar-refractivity contribution < 1.29 is 89.2 Å². The van der Waals surface area contributed by atoms with Gasteiger partial charge in [-0.05, 0) is 42.5 Å². The van der Waals surface area contributed by atoms with E-state index in [1.54, 1.807) is 41.3 Å². The maximum absolute atomic E-state index is 15.4. The average Bonchev–Trinajstić information content (AvgIpc) is 1.61. The number of halogens is 4. The number of cyclic esters (lactones) is 4. The number of anilines is 6. The van der Waals surface area contributed by atoms with Gasteiger partial charge in [-0.15, -0.1) is 0 Å². The standard InChI is InChI=1S/C19H24FN5O4.C18H23FN4O4.C15H16FN3O4.C14H16FN3O3/c1-11(26)22-10-16-15-8-12-13(25(15)19(28)29-16)2-3-14(18(12)20)23-4-6-24(7-5-23)17(27)9-21;1-10(24)21-8-16-15-6-12-13(23(15)18(25)27-16)2-3-14(17(12)19)22-4-5-26-11(7-20)9-22;1-7(20)18-6-13-11-4-9-10(19(11)15(22)23-13)3-2-8(14(9)16)12(21)5-17;1-7(19)17-6-12-11-4-9-10(18(11)14(20)21-12)3-2-8(5-16)13(9)15/h2-3,15-16H,4-10,21H2,1H3,(H,22,26);2-3,11,15-16H,4-9,20H2,1H3,(H,21,24);2-3,11,13H,4-6,17H2,1H3,(H,18,20);2-3,11-12H,4-6,16H2,1H3,(H,17,19)/t15-,16-;11-,15+,16+;11-,13-;11-,12-/m0100/s1. The van der Waals surface area contributed by atoms with Gasteiger partial charge in [-0.3, -0.25) is 48.4 Å². The lowest BCUT2D eigenvalue weighted by atomic mass is 10.0. The molecule has 9 atom stereocenters. The number of hydrogen-bond acceptors (Lipinski definition) is 21. The SMILES string of the molecule is CC(=O)NC[C@@H]1OC(=O)N2c3ccc(C(=O)CN)c(F)c3C[C@@H]12.CC(=O)NC[C@@H]1OC(=O)N2c3ccc(CN)c(F)c3C[C@@H]12.CC(=O)NC[C@@H]1OC(=O)N2c3ccc(N4CCN(C(=O)CN)CC4)c(F)c3C[C@@H]12.CC(=O)NC[C@@H]1OC(=O)N2c3ccc(N4CCO[C@H](CN)C4)c(F)c3C[C@@H]12. The molecule has 10 aliphatic rings. The molecule has 0 radical (unpaired) electrons. The van der Waals surface area contributed by atoms with Crippen LogP contribution in [-0.2, 0) is 79.9 Å². The van der Waals surface area contributed by atoms with Crippen LogP contribution in [0.4, 0.5) is 70.9 Å². The summed E-state index contributed by atoms with van der Waals surface area (Å²) in [7, 11) is 0. The van der Waals surface area contributed by atoms with Gasteiger partial charge in [0.2, 0.25) is 29.5 Å². The average molecular weight is 1400 g/mol. The molecule has 12 N–H and O–H groups in total. The molecular formula is C66H79F4N15O15. The zero-order chi connectivity index (χ0) is 71.7. The lowest BCUT2D eigenvalue weighted by molar-refractivity contribution is -0.130. The van der Waals surface area contributed by atoms with E-state index in [-0.39, 0.29) is 129 Å². The highest BCUT2D eigenvalue weighted by Crippen LogP contribution is 2.46. The number of carbonyl (C=O) groups is 10. The Morgan fingerprint density at radius 2 is 0.810 bits per heavy atom. The van der Waals surface area contributed by atoms with Gasteiger partial charge < -0.3 is 82.6 Å². The monoisotopic (exact) mass is 1400 g/mol. The Labute approximate surface area is 571 Å². The van der Waals surface area contributed by atoms with Gasteiger partial charge in [0, 0.05) is 134 Å². The Balaban J connectivity index is 0.000000135. The van der Waals surface area contributed by atoms with Crippen molar-refractivity contribution in [1.82, 2.24) is 26.2 Å². The van der Waals surface area contributed by atoms with Crippen LogP contribution in [0.25, 0.3) is 0 Å². The molecule has 100 heavy (non-hydrogen) atoms. The fourth-order valence-electron chi connectivity index (χ4n) is 14.3. The van der Waals surface area contributed by atoms with E-state index in [2.05, 4.69) is 21.3 Å². The first-order valence-electron chi connectivity index (χ1n) is 32.8. The summed E-state index contributed by atoms with van der Waals surface area (Å²) < 4.78 is 86.3. The second-order valence-corrected chi connectivity index (χ2v) is 25.3. The second-order valence-electron chi connectivity index (χ2n) is 25.3. The van der Waals surface area contributed by atoms with Gasteiger partial charge in [-0.25, -0.2) is 36.7 Å². The third-order valence-corrected chi connectivity index (χ3v) is 19.2. The highest BCUT2D eigenvalue weighted by Gasteiger charge is 2.53. The van der Waals surface area contributed by atoms with Crippen LogP contribution in [0, 0.1) is 23.3 Å². The van der Waals surface area contributed by atoms with Crippen LogP contribution in [0.2, 0.25) is 0 Å². The van der Waals surface area contributed by atoms with Crippen LogP contribution in [0.3, 0.4) is 0 Å². The smallest absolute Gasteiger partial charge is 0.415 e. The van der Waals surface area contributed by atoms with Crippen molar-refractivity contribution in [3.8, 4) is 0 Å². The first kappa shape index (κ1) is 71.4. The molecule has 536 valence electrons. The molecule has 4 aromatic rings. The first-order valence-corrected chi connectivity index (χ1v) is 32.8. The van der Waals surface area contributed by atoms with E-state index >= 15 is 8.78 Å². The van der Waals surface area contributed by atoms with E-state index in [1.165, 1.54) is 59.4 Å². The Bertz CT molecular complexity index is 3940. The molecular weight excluding hydrogens is 1320 g/mol. The number of ketones is 1. The summed E-state index contributed by atoms with van der Waals surface area (Å²) in [5.41, 5.74) is 27.0. The van der Waals surface area contributed by atoms with Crippen LogP contribution in [0.15, 0.2) is 48.5 Å². The highest BCUT2D eigenvalue weighted by atomic mass is 19.1. The van der Waals surface area contributed by atoms with Crippen molar-refractivity contribution in [3.05, 3.63) is 105 Å². The van der Waals surface area contributed by atoms with Crippen molar-refractivity contribution in [2.75, 3.05) is 121 Å². The number of nitrogens with two attached hydrogens (primary N) is 4. The summed E-state index contributed by atoms with van der Waals surface area (Å²) >= 11 is 0. The Morgan fingerprint density at radius 3 is 1.18 bits per heavy atom. The molecule has 0 spiro atoms. The lowest BCUT2D eigenvalue weighted by Gasteiger charge is -2.36. The maximum Gasteiger partial charge on any atom is 0.415 e. The summed E-state index contributed by atoms with van der Waals surface area (Å²) in [5.74, 6) is -3.10. The van der Waals surface area contributed by atoms with Crippen LogP contribution in [0.5, 0.6) is 0 Å². The van der Waals surface area contributed by atoms with Crippen molar-refractivity contribution in [2.45, 2.75) is 115 Å². The number of nitrogens with zero attached hydrogens (tertiary/aromatic N) is 7. The number of benzene rings is 4. The summed E-state index contributed by atoms with van der Waals surface area (Å²) in [5, 5.41) is 10.5. The first-order chi connectivity index (χ1) is 47.9. The summed E-state index contributed by atoms with van der Waals surface area (Å²) in [6, 6.07) is 11.7. The van der Waals surface area contributed by atoms with Gasteiger partial charge >= 0.3 is 24.4 Å². The van der Waals surface area contributed by atoms with Crippen molar-refractivity contribution in [2.24, 2.45) is 22.9 Å². The number of amides is 9. The van der Waals surface area contributed by atoms with E-state index in [0.717, 1.165) is 0 Å². The summed E-state index contributed by atoms with van der Waals surface area (Å²) in [6.07, 6.45) is -3.02. The number of piperazine rings is 1. The molecule has 6 fully saturated rings. The van der Waals surface area contributed by atoms with Crippen molar-refractivity contribution in [1.29, 1.82) is 0 Å². The molecule has 30 nitrogen and oxygen atoms in total. The maximum atomic E-state index is 15.4. The van der Waals surface area contributed by atoms with Crippen LogP contribution >= 0.6 is 0 Å².